The molecule has 0 bridgehead atoms. The molecule has 3 aromatic rings. The minimum atomic E-state index is -0.462. The van der Waals surface area contributed by atoms with Gasteiger partial charge in [0, 0.05) is 4.88 Å². The lowest BCUT2D eigenvalue weighted by molar-refractivity contribution is -0.116. The molecule has 1 aromatic heterocycles. The second-order valence-electron chi connectivity index (χ2n) is 7.79. The van der Waals surface area contributed by atoms with E-state index >= 15 is 0 Å². The molecule has 5 heteroatoms. The molecule has 0 unspecified atom stereocenters. The van der Waals surface area contributed by atoms with Crippen LogP contribution in [0.15, 0.2) is 60.7 Å². The van der Waals surface area contributed by atoms with E-state index in [1.807, 2.05) is 60.7 Å². The van der Waals surface area contributed by atoms with E-state index in [9.17, 15) is 9.59 Å². The predicted octanol–water partition coefficient (Wildman–Crippen LogP) is 5.43. The highest BCUT2D eigenvalue weighted by atomic mass is 32.1. The van der Waals surface area contributed by atoms with Crippen molar-refractivity contribution in [1.29, 1.82) is 0 Å². The minimum Gasteiger partial charge on any atom is -0.465 e. The number of thiophene rings is 1. The van der Waals surface area contributed by atoms with Crippen LogP contribution in [0.1, 0.15) is 51.2 Å². The number of esters is 1. The molecule has 1 atom stereocenters. The largest absolute Gasteiger partial charge is 0.465 e. The van der Waals surface area contributed by atoms with Gasteiger partial charge in [-0.05, 0) is 41.9 Å². The molecule has 1 aliphatic rings. The Morgan fingerprint density at radius 2 is 1.63 bits per heavy atom. The second-order valence-corrected chi connectivity index (χ2v) is 8.90. The molecule has 2 aromatic carbocycles. The van der Waals surface area contributed by atoms with Gasteiger partial charge in [0.2, 0.25) is 5.91 Å². The average Bonchev–Trinajstić information content (AvgIpc) is 3.11. The number of amides is 1. The Balaban J connectivity index is 1.72. The van der Waals surface area contributed by atoms with Crippen LogP contribution in [-0.4, -0.2) is 19.0 Å². The summed E-state index contributed by atoms with van der Waals surface area (Å²) in [6.07, 6.45) is 2.81. The summed E-state index contributed by atoms with van der Waals surface area (Å²) in [4.78, 5) is 27.3. The van der Waals surface area contributed by atoms with Crippen LogP contribution < -0.4 is 5.32 Å². The number of fused-ring (bicyclic) bond motifs is 1. The quantitative estimate of drug-likeness (QED) is 0.561. The SMILES string of the molecule is COC(=O)c1c(NC(=O)C(c2ccccc2)c2ccccc2)sc2c1CC[C@H](C)C2. The van der Waals surface area contributed by atoms with Crippen molar-refractivity contribution in [3.63, 3.8) is 0 Å². The second kappa shape index (κ2) is 8.84. The van der Waals surface area contributed by atoms with E-state index in [-0.39, 0.29) is 11.9 Å². The highest BCUT2D eigenvalue weighted by Crippen LogP contribution is 2.40. The molecule has 1 N–H and O–H groups in total. The summed E-state index contributed by atoms with van der Waals surface area (Å²) in [6, 6.07) is 19.4. The molecule has 154 valence electrons. The molecule has 0 spiro atoms. The number of hydrogen-bond donors (Lipinski definition) is 1. The molecule has 0 radical (unpaired) electrons. The maximum absolute atomic E-state index is 13.5. The normalized spacial score (nSPS) is 15.5. The van der Waals surface area contributed by atoms with E-state index in [4.69, 9.17) is 4.74 Å². The summed E-state index contributed by atoms with van der Waals surface area (Å²) < 4.78 is 5.06. The number of rotatable bonds is 5. The van der Waals surface area contributed by atoms with Crippen molar-refractivity contribution in [2.45, 2.75) is 32.1 Å². The number of benzene rings is 2. The maximum Gasteiger partial charge on any atom is 0.341 e. The van der Waals surface area contributed by atoms with Gasteiger partial charge in [-0.3, -0.25) is 4.79 Å². The zero-order valence-electron chi connectivity index (χ0n) is 17.2. The molecular weight excluding hydrogens is 394 g/mol. The third kappa shape index (κ3) is 4.03. The van der Waals surface area contributed by atoms with Crippen LogP contribution >= 0.6 is 11.3 Å². The van der Waals surface area contributed by atoms with Gasteiger partial charge in [0.25, 0.3) is 0 Å². The van der Waals surface area contributed by atoms with E-state index in [0.717, 1.165) is 36.0 Å². The minimum absolute atomic E-state index is 0.149. The molecule has 0 fully saturated rings. The van der Waals surface area contributed by atoms with Crippen LogP contribution in [0.25, 0.3) is 0 Å². The summed E-state index contributed by atoms with van der Waals surface area (Å²) in [5, 5.41) is 3.67. The van der Waals surface area contributed by atoms with Crippen molar-refractivity contribution in [2.24, 2.45) is 5.92 Å². The van der Waals surface area contributed by atoms with Crippen molar-refractivity contribution in [3.05, 3.63) is 87.8 Å². The van der Waals surface area contributed by atoms with Crippen molar-refractivity contribution in [3.8, 4) is 0 Å². The van der Waals surface area contributed by atoms with Gasteiger partial charge in [-0.2, -0.15) is 0 Å². The van der Waals surface area contributed by atoms with Crippen LogP contribution in [0.3, 0.4) is 0 Å². The van der Waals surface area contributed by atoms with Crippen molar-refractivity contribution in [2.75, 3.05) is 12.4 Å². The number of anilines is 1. The summed E-state index contributed by atoms with van der Waals surface area (Å²) in [6.45, 7) is 2.22. The Hall–Kier alpha value is -2.92. The highest BCUT2D eigenvalue weighted by molar-refractivity contribution is 7.17. The lowest BCUT2D eigenvalue weighted by Crippen LogP contribution is -2.23. The third-order valence-corrected chi connectivity index (χ3v) is 6.84. The average molecular weight is 420 g/mol. The molecule has 0 saturated carbocycles. The van der Waals surface area contributed by atoms with E-state index in [0.29, 0.717) is 16.5 Å². The fourth-order valence-corrected chi connectivity index (χ4v) is 5.53. The van der Waals surface area contributed by atoms with Gasteiger partial charge >= 0.3 is 5.97 Å². The van der Waals surface area contributed by atoms with E-state index in [1.165, 1.54) is 23.3 Å². The Bertz CT molecular complexity index is 1000. The van der Waals surface area contributed by atoms with Crippen LogP contribution in [0.2, 0.25) is 0 Å². The topological polar surface area (TPSA) is 55.4 Å². The number of carbonyl (C=O) groups excluding carboxylic acids is 2. The molecule has 1 heterocycles. The fourth-order valence-electron chi connectivity index (χ4n) is 4.13. The third-order valence-electron chi connectivity index (χ3n) is 5.67. The summed E-state index contributed by atoms with van der Waals surface area (Å²) >= 11 is 1.51. The molecule has 4 nitrogen and oxygen atoms in total. The molecule has 0 aliphatic heterocycles. The van der Waals surface area contributed by atoms with Crippen LogP contribution in [0, 0.1) is 5.92 Å². The highest BCUT2D eigenvalue weighted by Gasteiger charge is 2.31. The summed E-state index contributed by atoms with van der Waals surface area (Å²) in [5.41, 5.74) is 3.39. The Kier molecular flexibility index (Phi) is 6.00. The number of hydrogen-bond acceptors (Lipinski definition) is 4. The van der Waals surface area contributed by atoms with Crippen molar-refractivity contribution < 1.29 is 14.3 Å². The van der Waals surface area contributed by atoms with Gasteiger partial charge in [0.05, 0.1) is 18.6 Å². The molecular formula is C25H25NO3S. The first kappa shape index (κ1) is 20.4. The van der Waals surface area contributed by atoms with E-state index < -0.39 is 5.92 Å². The van der Waals surface area contributed by atoms with Crippen LogP contribution in [-0.2, 0) is 22.4 Å². The fraction of sp³-hybridized carbons (Fsp3) is 0.280. The van der Waals surface area contributed by atoms with Gasteiger partial charge in [0.15, 0.2) is 0 Å². The van der Waals surface area contributed by atoms with E-state index in [2.05, 4.69) is 12.2 Å². The van der Waals surface area contributed by atoms with Gasteiger partial charge in [0.1, 0.15) is 5.00 Å². The molecule has 0 saturated heterocycles. The summed E-state index contributed by atoms with van der Waals surface area (Å²) in [7, 11) is 1.39. The van der Waals surface area contributed by atoms with Crippen molar-refractivity contribution in [1.82, 2.24) is 0 Å². The van der Waals surface area contributed by atoms with Crippen molar-refractivity contribution >= 4 is 28.2 Å². The Morgan fingerprint density at radius 1 is 1.03 bits per heavy atom. The predicted molar refractivity (Wildman–Crippen MR) is 120 cm³/mol. The number of nitrogens with one attached hydrogen (secondary N) is 1. The van der Waals surface area contributed by atoms with Gasteiger partial charge in [-0.1, -0.05) is 67.6 Å². The van der Waals surface area contributed by atoms with Gasteiger partial charge in [-0.25, -0.2) is 4.79 Å². The first-order chi connectivity index (χ1) is 14.6. The molecule has 1 aliphatic carbocycles. The van der Waals surface area contributed by atoms with E-state index in [1.54, 1.807) is 0 Å². The zero-order chi connectivity index (χ0) is 21.1. The Morgan fingerprint density at radius 3 is 2.20 bits per heavy atom. The Labute approximate surface area is 180 Å². The number of ether oxygens (including phenoxy) is 1. The zero-order valence-corrected chi connectivity index (χ0v) is 18.0. The first-order valence-corrected chi connectivity index (χ1v) is 11.0. The standard InChI is InChI=1S/C25H25NO3S/c1-16-13-14-19-20(15-16)30-24(22(19)25(28)29-2)26-23(27)21(17-9-5-3-6-10-17)18-11-7-4-8-12-18/h3-12,16,21H,13-15H2,1-2H3,(H,26,27)/t16-/m0/s1. The number of carbonyl (C=O) groups is 2. The maximum atomic E-state index is 13.5. The monoisotopic (exact) mass is 419 g/mol. The molecule has 1 amide bonds. The molecule has 30 heavy (non-hydrogen) atoms. The van der Waals surface area contributed by atoms with Gasteiger partial charge < -0.3 is 10.1 Å². The van der Waals surface area contributed by atoms with Crippen LogP contribution in [0.5, 0.6) is 0 Å². The lowest BCUT2D eigenvalue weighted by atomic mass is 9.88. The van der Waals surface area contributed by atoms with Gasteiger partial charge in [-0.15, -0.1) is 11.3 Å². The lowest BCUT2D eigenvalue weighted by Gasteiger charge is -2.18. The summed E-state index contributed by atoms with van der Waals surface area (Å²) in [5.74, 6) is -0.417. The number of methoxy groups -OCH3 is 1. The smallest absolute Gasteiger partial charge is 0.341 e. The molecule has 4 rings (SSSR count). The van der Waals surface area contributed by atoms with Crippen LogP contribution in [0.4, 0.5) is 5.00 Å². The first-order valence-electron chi connectivity index (χ1n) is 10.2.